The third-order valence-corrected chi connectivity index (χ3v) is 4.78. The monoisotopic (exact) mass is 291 g/mol. The summed E-state index contributed by atoms with van der Waals surface area (Å²) in [6, 6.07) is 0. The molecule has 19 heavy (non-hydrogen) atoms. The molecule has 114 valence electrons. The van der Waals surface area contributed by atoms with Gasteiger partial charge in [-0.25, -0.2) is 13.6 Å². The van der Waals surface area contributed by atoms with Gasteiger partial charge in [0.2, 0.25) is 10.0 Å². The molecule has 0 aromatic carbocycles. The van der Waals surface area contributed by atoms with Gasteiger partial charge in [0.15, 0.2) is 0 Å². The first-order chi connectivity index (χ1) is 8.97. The van der Waals surface area contributed by atoms with Crippen LogP contribution in [-0.4, -0.2) is 27.4 Å². The Morgan fingerprint density at radius 2 is 1.79 bits per heavy atom. The van der Waals surface area contributed by atoms with Gasteiger partial charge in [-0.1, -0.05) is 32.6 Å². The first-order valence-corrected chi connectivity index (χ1v) is 9.27. The lowest BCUT2D eigenvalue weighted by Gasteiger charge is -2.15. The average molecular weight is 291 g/mol. The molecule has 2 N–H and O–H groups in total. The molecule has 1 aliphatic rings. The van der Waals surface area contributed by atoms with Crippen molar-refractivity contribution >= 4 is 10.0 Å². The van der Waals surface area contributed by atoms with Gasteiger partial charge in [0.1, 0.15) is 0 Å². The number of hydrogen-bond donors (Lipinski definition) is 1. The van der Waals surface area contributed by atoms with E-state index in [0.29, 0.717) is 12.3 Å². The summed E-state index contributed by atoms with van der Waals surface area (Å²) in [6.07, 6.45) is 9.61. The summed E-state index contributed by atoms with van der Waals surface area (Å²) in [5, 5.41) is 4.99. The molecule has 0 bridgehead atoms. The summed E-state index contributed by atoms with van der Waals surface area (Å²) in [5.74, 6) is 1.17. The Hall–Kier alpha value is -0.130. The molecule has 1 rings (SSSR count). The quantitative estimate of drug-likeness (QED) is 0.552. The van der Waals surface area contributed by atoms with E-state index in [-0.39, 0.29) is 5.75 Å². The van der Waals surface area contributed by atoms with E-state index in [0.717, 1.165) is 25.6 Å². The van der Waals surface area contributed by atoms with Crippen LogP contribution >= 0.6 is 0 Å². The molecule has 0 amide bonds. The number of primary sulfonamides is 1. The molecule has 4 nitrogen and oxygen atoms in total. The second-order valence-electron chi connectivity index (χ2n) is 5.98. The van der Waals surface area contributed by atoms with Gasteiger partial charge in [-0.2, -0.15) is 0 Å². The minimum absolute atomic E-state index is 0.0802. The van der Waals surface area contributed by atoms with Gasteiger partial charge in [-0.3, -0.25) is 0 Å². The number of nitrogens with two attached hydrogens (primary N) is 1. The lowest BCUT2D eigenvalue weighted by Crippen LogP contribution is -2.19. The number of hydrogen-bond acceptors (Lipinski definition) is 3. The Balaban J connectivity index is 2.03. The Kier molecular flexibility index (Phi) is 7.95. The van der Waals surface area contributed by atoms with E-state index in [1.54, 1.807) is 0 Å². The van der Waals surface area contributed by atoms with E-state index in [4.69, 9.17) is 9.88 Å². The first-order valence-electron chi connectivity index (χ1n) is 7.55. The van der Waals surface area contributed by atoms with Gasteiger partial charge >= 0.3 is 0 Å². The van der Waals surface area contributed by atoms with Crippen LogP contribution in [0.4, 0.5) is 0 Å². The van der Waals surface area contributed by atoms with Crippen LogP contribution in [0, 0.1) is 11.8 Å². The van der Waals surface area contributed by atoms with Gasteiger partial charge in [0, 0.05) is 13.2 Å². The summed E-state index contributed by atoms with van der Waals surface area (Å²) in [6.45, 7) is 3.67. The lowest BCUT2D eigenvalue weighted by molar-refractivity contribution is 0.0846. The van der Waals surface area contributed by atoms with Crippen LogP contribution in [0.3, 0.4) is 0 Å². The summed E-state index contributed by atoms with van der Waals surface area (Å²) >= 11 is 0. The van der Waals surface area contributed by atoms with Crippen LogP contribution in [0.15, 0.2) is 0 Å². The highest BCUT2D eigenvalue weighted by molar-refractivity contribution is 7.89. The fraction of sp³-hybridized carbons (Fsp3) is 1.00. The highest BCUT2D eigenvalue weighted by Gasteiger charge is 2.13. The van der Waals surface area contributed by atoms with Gasteiger partial charge < -0.3 is 4.74 Å². The van der Waals surface area contributed by atoms with E-state index >= 15 is 0 Å². The second-order valence-corrected chi connectivity index (χ2v) is 7.72. The zero-order valence-electron chi connectivity index (χ0n) is 12.1. The molecular formula is C14H29NO3S. The molecule has 1 saturated carbocycles. The maximum atomic E-state index is 10.9. The molecular weight excluding hydrogens is 262 g/mol. The van der Waals surface area contributed by atoms with Crippen molar-refractivity contribution in [3.8, 4) is 0 Å². The smallest absolute Gasteiger partial charge is 0.209 e. The molecule has 0 aromatic heterocycles. The lowest BCUT2D eigenvalue weighted by atomic mass is 10.0. The fourth-order valence-corrected chi connectivity index (χ4v) is 3.31. The van der Waals surface area contributed by atoms with Crippen LogP contribution in [0.2, 0.25) is 0 Å². The average Bonchev–Trinajstić information content (AvgIpc) is 2.60. The predicted molar refractivity (Wildman–Crippen MR) is 78.4 cm³/mol. The van der Waals surface area contributed by atoms with Crippen molar-refractivity contribution in [2.24, 2.45) is 17.0 Å². The van der Waals surface area contributed by atoms with Gasteiger partial charge in [0.25, 0.3) is 0 Å². The zero-order valence-corrected chi connectivity index (χ0v) is 13.0. The molecule has 0 aromatic rings. The van der Waals surface area contributed by atoms with Crippen LogP contribution in [0.5, 0.6) is 0 Å². The topological polar surface area (TPSA) is 69.4 Å². The molecule has 0 heterocycles. The second kappa shape index (κ2) is 8.93. The minimum atomic E-state index is -3.31. The van der Waals surface area contributed by atoms with Crippen molar-refractivity contribution in [1.29, 1.82) is 0 Å². The van der Waals surface area contributed by atoms with E-state index in [2.05, 4.69) is 6.92 Å². The standard InChI is InChI=1S/C14H29NO3S/c1-13(9-11-19(15,16)17)8-10-18-12-14-6-4-2-3-5-7-14/h13-14H,2-12H2,1H3,(H2,15,16,17). The first kappa shape index (κ1) is 16.9. The highest BCUT2D eigenvalue weighted by atomic mass is 32.2. The van der Waals surface area contributed by atoms with Gasteiger partial charge in [-0.15, -0.1) is 0 Å². The largest absolute Gasteiger partial charge is 0.381 e. The summed E-state index contributed by atoms with van der Waals surface area (Å²) in [7, 11) is -3.31. The molecule has 0 aliphatic heterocycles. The van der Waals surface area contributed by atoms with Crippen LogP contribution in [-0.2, 0) is 14.8 Å². The van der Waals surface area contributed by atoms with Crippen LogP contribution in [0.25, 0.3) is 0 Å². The van der Waals surface area contributed by atoms with Crippen molar-refractivity contribution < 1.29 is 13.2 Å². The molecule has 0 saturated heterocycles. The molecule has 0 spiro atoms. The van der Waals surface area contributed by atoms with Crippen LogP contribution in [0.1, 0.15) is 58.3 Å². The van der Waals surface area contributed by atoms with Crippen molar-refractivity contribution in [3.63, 3.8) is 0 Å². The SMILES string of the molecule is CC(CCOCC1CCCCCC1)CCS(N)(=O)=O. The van der Waals surface area contributed by atoms with Crippen LogP contribution < -0.4 is 5.14 Å². The van der Waals surface area contributed by atoms with Crippen molar-refractivity contribution in [2.75, 3.05) is 19.0 Å². The molecule has 1 aliphatic carbocycles. The fourth-order valence-electron chi connectivity index (χ4n) is 2.57. The number of rotatable bonds is 8. The highest BCUT2D eigenvalue weighted by Crippen LogP contribution is 2.23. The Morgan fingerprint density at radius 3 is 2.37 bits per heavy atom. The Morgan fingerprint density at radius 1 is 1.16 bits per heavy atom. The van der Waals surface area contributed by atoms with Gasteiger partial charge in [-0.05, 0) is 37.5 Å². The predicted octanol–water partition coefficient (Wildman–Crippen LogP) is 2.68. The van der Waals surface area contributed by atoms with E-state index in [1.165, 1.54) is 38.5 Å². The molecule has 1 unspecified atom stereocenters. The summed E-state index contributed by atoms with van der Waals surface area (Å²) in [4.78, 5) is 0. The van der Waals surface area contributed by atoms with E-state index in [1.807, 2.05) is 0 Å². The zero-order chi connectivity index (χ0) is 14.1. The molecule has 5 heteroatoms. The van der Waals surface area contributed by atoms with Gasteiger partial charge in [0.05, 0.1) is 5.75 Å². The minimum Gasteiger partial charge on any atom is -0.381 e. The maximum Gasteiger partial charge on any atom is 0.209 e. The van der Waals surface area contributed by atoms with Crippen molar-refractivity contribution in [2.45, 2.75) is 58.3 Å². The maximum absolute atomic E-state index is 10.9. The molecule has 1 atom stereocenters. The third kappa shape index (κ3) is 9.41. The Labute approximate surface area is 118 Å². The summed E-state index contributed by atoms with van der Waals surface area (Å²) in [5.41, 5.74) is 0. The molecule has 0 radical (unpaired) electrons. The normalized spacial score (nSPS) is 20.1. The van der Waals surface area contributed by atoms with E-state index < -0.39 is 10.0 Å². The number of ether oxygens (including phenoxy) is 1. The van der Waals surface area contributed by atoms with E-state index in [9.17, 15) is 8.42 Å². The van der Waals surface area contributed by atoms with Crippen molar-refractivity contribution in [3.05, 3.63) is 0 Å². The molecule has 1 fully saturated rings. The number of sulfonamides is 1. The van der Waals surface area contributed by atoms with Crippen molar-refractivity contribution in [1.82, 2.24) is 0 Å². The Bertz CT molecular complexity index is 322. The summed E-state index contributed by atoms with van der Waals surface area (Å²) < 4.78 is 27.5. The third-order valence-electron chi connectivity index (χ3n) is 3.98.